The maximum atomic E-state index is 12.1. The zero-order valence-electron chi connectivity index (χ0n) is 14.5. The third kappa shape index (κ3) is 5.21. The van der Waals surface area contributed by atoms with Crippen LogP contribution in [0.4, 0.5) is 11.4 Å². The lowest BCUT2D eigenvalue weighted by atomic mass is 10.2. The third-order valence-corrected chi connectivity index (χ3v) is 4.87. The average Bonchev–Trinajstić information content (AvgIpc) is 2.61. The van der Waals surface area contributed by atoms with Crippen LogP contribution in [0.15, 0.2) is 53.7 Å². The summed E-state index contributed by atoms with van der Waals surface area (Å²) in [5.41, 5.74) is 1.97. The van der Waals surface area contributed by atoms with Crippen molar-refractivity contribution < 1.29 is 9.53 Å². The van der Waals surface area contributed by atoms with Crippen LogP contribution in [-0.2, 0) is 9.53 Å². The quantitative estimate of drug-likeness (QED) is 0.831. The van der Waals surface area contributed by atoms with Crippen LogP contribution in [0, 0.1) is 0 Å². The topological polar surface area (TPSA) is 54.5 Å². The van der Waals surface area contributed by atoms with Crippen molar-refractivity contribution in [1.82, 2.24) is 4.98 Å². The molecule has 2 heterocycles. The van der Waals surface area contributed by atoms with E-state index >= 15 is 0 Å². The van der Waals surface area contributed by atoms with Gasteiger partial charge in [0.25, 0.3) is 0 Å². The monoisotopic (exact) mass is 357 g/mol. The lowest BCUT2D eigenvalue weighted by Gasteiger charge is -2.36. The van der Waals surface area contributed by atoms with Gasteiger partial charge in [0.2, 0.25) is 5.91 Å². The van der Waals surface area contributed by atoms with E-state index in [0.717, 1.165) is 29.5 Å². The Hall–Kier alpha value is -2.05. The molecule has 0 unspecified atom stereocenters. The van der Waals surface area contributed by atoms with Crippen molar-refractivity contribution in [3.63, 3.8) is 0 Å². The summed E-state index contributed by atoms with van der Waals surface area (Å²) in [5, 5.41) is 3.78. The molecule has 1 N–H and O–H groups in total. The third-order valence-electron chi connectivity index (χ3n) is 3.92. The SMILES string of the molecule is C[C@@H]1CN(c2ccc(NC(=O)CSc3ccccn3)cc2)C[C@@H](C)O1. The molecule has 1 aromatic heterocycles. The molecule has 5 nitrogen and oxygen atoms in total. The molecule has 1 saturated heterocycles. The largest absolute Gasteiger partial charge is 0.372 e. The Balaban J connectivity index is 1.52. The second-order valence-electron chi connectivity index (χ2n) is 6.21. The van der Waals surface area contributed by atoms with Crippen molar-refractivity contribution in [2.24, 2.45) is 0 Å². The number of ether oxygens (including phenoxy) is 1. The van der Waals surface area contributed by atoms with Gasteiger partial charge in [-0.3, -0.25) is 4.79 Å². The summed E-state index contributed by atoms with van der Waals surface area (Å²) in [4.78, 5) is 18.6. The van der Waals surface area contributed by atoms with Crippen LogP contribution in [0.3, 0.4) is 0 Å². The van der Waals surface area contributed by atoms with E-state index in [1.807, 2.05) is 42.5 Å². The predicted octanol–water partition coefficient (Wildman–Crippen LogP) is 3.43. The maximum Gasteiger partial charge on any atom is 0.234 e. The van der Waals surface area contributed by atoms with Gasteiger partial charge in [-0.15, -0.1) is 0 Å². The number of benzene rings is 1. The van der Waals surface area contributed by atoms with Crippen LogP contribution in [0.2, 0.25) is 0 Å². The molecule has 0 spiro atoms. The van der Waals surface area contributed by atoms with Gasteiger partial charge in [0.1, 0.15) is 0 Å². The molecule has 1 aromatic carbocycles. The van der Waals surface area contributed by atoms with Crippen molar-refractivity contribution in [2.45, 2.75) is 31.1 Å². The molecule has 0 aliphatic carbocycles. The zero-order chi connectivity index (χ0) is 17.6. The standard InChI is InChI=1S/C19H23N3O2S/c1-14-11-22(12-15(2)24-14)17-8-6-16(7-9-17)21-18(23)13-25-19-5-3-4-10-20-19/h3-10,14-15H,11-13H2,1-2H3,(H,21,23)/t14-,15-/m1/s1. The molecule has 0 bridgehead atoms. The molecule has 25 heavy (non-hydrogen) atoms. The Kier molecular flexibility index (Phi) is 5.94. The number of pyridine rings is 1. The highest BCUT2D eigenvalue weighted by Gasteiger charge is 2.22. The summed E-state index contributed by atoms with van der Waals surface area (Å²) in [5.74, 6) is 0.314. The van der Waals surface area contributed by atoms with E-state index in [1.165, 1.54) is 11.8 Å². The van der Waals surface area contributed by atoms with Crippen molar-refractivity contribution in [2.75, 3.05) is 29.1 Å². The molecule has 6 heteroatoms. The minimum absolute atomic E-state index is 0.0305. The molecule has 1 aliphatic heterocycles. The first-order valence-corrected chi connectivity index (χ1v) is 9.43. The van der Waals surface area contributed by atoms with Gasteiger partial charge >= 0.3 is 0 Å². The number of amides is 1. The lowest BCUT2D eigenvalue weighted by molar-refractivity contribution is -0.113. The highest BCUT2D eigenvalue weighted by molar-refractivity contribution is 7.99. The average molecular weight is 357 g/mol. The van der Waals surface area contributed by atoms with Gasteiger partial charge in [0, 0.05) is 30.7 Å². The Morgan fingerprint density at radius 1 is 1.20 bits per heavy atom. The number of rotatable bonds is 5. The highest BCUT2D eigenvalue weighted by atomic mass is 32.2. The minimum atomic E-state index is -0.0305. The number of hydrogen-bond donors (Lipinski definition) is 1. The molecule has 0 saturated carbocycles. The van der Waals surface area contributed by atoms with E-state index in [9.17, 15) is 4.79 Å². The summed E-state index contributed by atoms with van der Waals surface area (Å²) in [7, 11) is 0. The summed E-state index contributed by atoms with van der Waals surface area (Å²) < 4.78 is 5.77. The van der Waals surface area contributed by atoms with Crippen LogP contribution in [0.25, 0.3) is 0 Å². The van der Waals surface area contributed by atoms with Crippen molar-refractivity contribution in [3.05, 3.63) is 48.7 Å². The second kappa shape index (κ2) is 8.36. The first kappa shape index (κ1) is 17.8. The number of anilines is 2. The molecule has 0 radical (unpaired) electrons. The minimum Gasteiger partial charge on any atom is -0.372 e. The number of nitrogens with one attached hydrogen (secondary N) is 1. The predicted molar refractivity (Wildman–Crippen MR) is 102 cm³/mol. The fourth-order valence-corrected chi connectivity index (χ4v) is 3.57. The van der Waals surface area contributed by atoms with Gasteiger partial charge in [0.05, 0.1) is 23.0 Å². The van der Waals surface area contributed by atoms with E-state index < -0.39 is 0 Å². The zero-order valence-corrected chi connectivity index (χ0v) is 15.3. The number of morpholine rings is 1. The normalized spacial score (nSPS) is 20.3. The number of aromatic nitrogens is 1. The second-order valence-corrected chi connectivity index (χ2v) is 7.21. The van der Waals surface area contributed by atoms with Crippen LogP contribution in [0.5, 0.6) is 0 Å². The fraction of sp³-hybridized carbons (Fsp3) is 0.368. The van der Waals surface area contributed by atoms with Crippen LogP contribution in [-0.4, -0.2) is 41.9 Å². The van der Waals surface area contributed by atoms with E-state index in [0.29, 0.717) is 5.75 Å². The number of thioether (sulfide) groups is 1. The summed E-state index contributed by atoms with van der Waals surface area (Å²) in [6, 6.07) is 13.7. The van der Waals surface area contributed by atoms with E-state index in [4.69, 9.17) is 4.74 Å². The Morgan fingerprint density at radius 2 is 1.92 bits per heavy atom. The molecule has 2 atom stereocenters. The van der Waals surface area contributed by atoms with Gasteiger partial charge in [-0.25, -0.2) is 4.98 Å². The van der Waals surface area contributed by atoms with E-state index in [1.54, 1.807) is 6.20 Å². The summed E-state index contributed by atoms with van der Waals surface area (Å²) in [6.07, 6.45) is 2.19. The van der Waals surface area contributed by atoms with E-state index in [2.05, 4.69) is 29.0 Å². The first-order chi connectivity index (χ1) is 12.1. The molecular formula is C19H23N3O2S. The van der Waals surface area contributed by atoms with Gasteiger partial charge < -0.3 is 15.0 Å². The summed E-state index contributed by atoms with van der Waals surface area (Å²) in [6.45, 7) is 5.96. The van der Waals surface area contributed by atoms with Gasteiger partial charge in [0.15, 0.2) is 0 Å². The maximum absolute atomic E-state index is 12.1. The Labute approximate surface area is 152 Å². The number of hydrogen-bond acceptors (Lipinski definition) is 5. The highest BCUT2D eigenvalue weighted by Crippen LogP contribution is 2.22. The Bertz CT molecular complexity index is 684. The molecular weight excluding hydrogens is 334 g/mol. The molecule has 1 fully saturated rings. The smallest absolute Gasteiger partial charge is 0.234 e. The molecule has 1 amide bonds. The van der Waals surface area contributed by atoms with Gasteiger partial charge in [-0.1, -0.05) is 17.8 Å². The number of nitrogens with zero attached hydrogens (tertiary/aromatic N) is 2. The van der Waals surface area contributed by atoms with Crippen LogP contribution in [0.1, 0.15) is 13.8 Å². The number of carbonyl (C=O) groups excluding carboxylic acids is 1. The van der Waals surface area contributed by atoms with Crippen molar-refractivity contribution in [3.8, 4) is 0 Å². The van der Waals surface area contributed by atoms with E-state index in [-0.39, 0.29) is 18.1 Å². The molecule has 2 aromatic rings. The van der Waals surface area contributed by atoms with Crippen LogP contribution >= 0.6 is 11.8 Å². The van der Waals surface area contributed by atoms with Crippen molar-refractivity contribution >= 4 is 29.0 Å². The summed E-state index contributed by atoms with van der Waals surface area (Å²) >= 11 is 1.43. The van der Waals surface area contributed by atoms with Gasteiger partial charge in [-0.2, -0.15) is 0 Å². The van der Waals surface area contributed by atoms with Crippen molar-refractivity contribution in [1.29, 1.82) is 0 Å². The molecule has 1 aliphatic rings. The molecule has 3 rings (SSSR count). The first-order valence-electron chi connectivity index (χ1n) is 8.44. The number of carbonyl (C=O) groups is 1. The lowest BCUT2D eigenvalue weighted by Crippen LogP contribution is -2.45. The van der Waals surface area contributed by atoms with Crippen LogP contribution < -0.4 is 10.2 Å². The molecule has 132 valence electrons. The van der Waals surface area contributed by atoms with Gasteiger partial charge in [-0.05, 0) is 50.2 Å². The fourth-order valence-electron chi connectivity index (χ4n) is 2.91. The Morgan fingerprint density at radius 3 is 2.56 bits per heavy atom.